The quantitative estimate of drug-likeness (QED) is 0.765. The van der Waals surface area contributed by atoms with E-state index in [9.17, 15) is 13.6 Å². The number of rotatable bonds is 7. The summed E-state index contributed by atoms with van der Waals surface area (Å²) in [5.41, 5.74) is 0.113. The highest BCUT2D eigenvalue weighted by Gasteiger charge is 2.26. The molecule has 0 atom stereocenters. The topological polar surface area (TPSA) is 54.5 Å². The molecule has 1 saturated heterocycles. The minimum atomic E-state index is -2.58. The Morgan fingerprint density at radius 1 is 1.40 bits per heavy atom. The highest BCUT2D eigenvalue weighted by atomic mass is 35.5. The molecule has 1 amide bonds. The molecule has 0 bridgehead atoms. The maximum absolute atomic E-state index is 12.6. The first-order valence-corrected chi connectivity index (χ1v) is 7.91. The Labute approximate surface area is 159 Å². The van der Waals surface area contributed by atoms with E-state index < -0.39 is 13.0 Å². The number of alkyl halides is 2. The number of amides is 1. The number of hydrogen-bond acceptors (Lipinski definition) is 4. The van der Waals surface area contributed by atoms with Crippen LogP contribution in [0, 0.1) is 5.92 Å². The average molecular weight is 400 g/mol. The van der Waals surface area contributed by atoms with Gasteiger partial charge in [-0.25, -0.2) is 13.8 Å². The van der Waals surface area contributed by atoms with Gasteiger partial charge < -0.3 is 15.0 Å². The van der Waals surface area contributed by atoms with Crippen molar-refractivity contribution < 1.29 is 18.3 Å². The lowest BCUT2D eigenvalue weighted by atomic mass is 9.93. The molecule has 2 heterocycles. The number of pyridine rings is 1. The number of hydrogen-bond donors (Lipinski definition) is 1. The molecule has 1 aliphatic rings. The van der Waals surface area contributed by atoms with Crippen molar-refractivity contribution in [1.82, 2.24) is 15.2 Å². The second kappa shape index (κ2) is 12.2. The van der Waals surface area contributed by atoms with Crippen LogP contribution < -0.4 is 10.1 Å². The summed E-state index contributed by atoms with van der Waals surface area (Å²) in [6.07, 6.45) is 1.90. The summed E-state index contributed by atoms with van der Waals surface area (Å²) in [6.45, 7) is 1.57. The summed E-state index contributed by atoms with van der Waals surface area (Å²) >= 11 is 0. The Morgan fingerprint density at radius 2 is 2.08 bits per heavy atom. The molecule has 1 aliphatic heterocycles. The first-order valence-electron chi connectivity index (χ1n) is 7.91. The smallest absolute Gasteiger partial charge is 0.276 e. The van der Waals surface area contributed by atoms with Crippen LogP contribution in [0.4, 0.5) is 8.78 Å². The largest absolute Gasteiger partial charge is 0.485 e. The third-order valence-electron chi connectivity index (χ3n) is 4.04. The first-order chi connectivity index (χ1) is 11.1. The van der Waals surface area contributed by atoms with Crippen molar-refractivity contribution in [1.29, 1.82) is 0 Å². The van der Waals surface area contributed by atoms with Gasteiger partial charge in [0, 0.05) is 19.3 Å². The molecule has 25 heavy (non-hydrogen) atoms. The second-order valence-corrected chi connectivity index (χ2v) is 5.68. The van der Waals surface area contributed by atoms with Crippen molar-refractivity contribution in [3.05, 3.63) is 24.0 Å². The lowest BCUT2D eigenvalue weighted by molar-refractivity contribution is 0.0650. The molecule has 0 radical (unpaired) electrons. The molecule has 1 aromatic heterocycles. The minimum absolute atomic E-state index is 0. The zero-order valence-electron chi connectivity index (χ0n) is 14.1. The van der Waals surface area contributed by atoms with E-state index in [0.717, 1.165) is 25.8 Å². The van der Waals surface area contributed by atoms with E-state index in [0.29, 0.717) is 19.0 Å². The second-order valence-electron chi connectivity index (χ2n) is 5.68. The van der Waals surface area contributed by atoms with E-state index in [-0.39, 0.29) is 42.2 Å². The number of piperidine rings is 1. The maximum Gasteiger partial charge on any atom is 0.276 e. The average Bonchev–Trinajstić information content (AvgIpc) is 2.58. The van der Waals surface area contributed by atoms with Gasteiger partial charge in [0.05, 0.1) is 0 Å². The van der Waals surface area contributed by atoms with Crippen LogP contribution in [0.3, 0.4) is 0 Å². The monoisotopic (exact) mass is 399 g/mol. The van der Waals surface area contributed by atoms with Crippen LogP contribution in [0.5, 0.6) is 5.75 Å². The molecule has 0 unspecified atom stereocenters. The van der Waals surface area contributed by atoms with Crippen molar-refractivity contribution >= 4 is 30.7 Å². The highest BCUT2D eigenvalue weighted by Crippen LogP contribution is 2.24. The first kappa shape index (κ1) is 23.8. The summed E-state index contributed by atoms with van der Waals surface area (Å²) in [5.74, 6) is 0.488. The van der Waals surface area contributed by atoms with Gasteiger partial charge in [0.2, 0.25) is 0 Å². The number of nitrogens with one attached hydrogen (secondary N) is 1. The number of carbonyl (C=O) groups is 1. The molecular formula is C16H25Cl2F2N3O2. The van der Waals surface area contributed by atoms with Gasteiger partial charge >= 0.3 is 0 Å². The Hall–Kier alpha value is -1.18. The van der Waals surface area contributed by atoms with Gasteiger partial charge in [0.15, 0.2) is 11.4 Å². The summed E-state index contributed by atoms with van der Waals surface area (Å²) in [5, 5.41) is 3.14. The molecule has 2 rings (SSSR count). The molecule has 0 saturated carbocycles. The van der Waals surface area contributed by atoms with Gasteiger partial charge in [0.25, 0.3) is 12.3 Å². The molecular weight excluding hydrogens is 375 g/mol. The van der Waals surface area contributed by atoms with E-state index in [1.165, 1.54) is 12.3 Å². The number of likely N-dealkylation sites (tertiary alicyclic amines) is 1. The Balaban J connectivity index is 0.00000288. The van der Waals surface area contributed by atoms with Gasteiger partial charge in [0.1, 0.15) is 6.61 Å². The Morgan fingerprint density at radius 3 is 2.68 bits per heavy atom. The molecule has 1 aromatic rings. The zero-order chi connectivity index (χ0) is 16.7. The fourth-order valence-corrected chi connectivity index (χ4v) is 2.74. The van der Waals surface area contributed by atoms with Crippen LogP contribution in [-0.4, -0.2) is 55.5 Å². The molecule has 5 nitrogen and oxygen atoms in total. The molecule has 9 heteroatoms. The molecule has 0 aromatic carbocycles. The van der Waals surface area contributed by atoms with E-state index >= 15 is 0 Å². The minimum Gasteiger partial charge on any atom is -0.485 e. The van der Waals surface area contributed by atoms with Crippen molar-refractivity contribution in [3.63, 3.8) is 0 Å². The predicted octanol–water partition coefficient (Wildman–Crippen LogP) is 3.03. The van der Waals surface area contributed by atoms with Gasteiger partial charge in [-0.3, -0.25) is 4.79 Å². The van der Waals surface area contributed by atoms with Gasteiger partial charge in [-0.05, 0) is 50.9 Å². The van der Waals surface area contributed by atoms with E-state index in [1.54, 1.807) is 11.0 Å². The SMILES string of the molecule is CNCCC1CCN(C(=O)c2ncccc2OCC(F)F)CC1.Cl.Cl. The number of aromatic nitrogens is 1. The zero-order valence-corrected chi connectivity index (χ0v) is 15.8. The lowest BCUT2D eigenvalue weighted by Gasteiger charge is -2.32. The van der Waals surface area contributed by atoms with Crippen LogP contribution in [0.1, 0.15) is 29.8 Å². The number of ether oxygens (including phenoxy) is 1. The van der Waals surface area contributed by atoms with E-state index in [1.807, 2.05) is 7.05 Å². The fourth-order valence-electron chi connectivity index (χ4n) is 2.74. The number of halogens is 4. The van der Waals surface area contributed by atoms with Crippen LogP contribution >= 0.6 is 24.8 Å². The lowest BCUT2D eigenvalue weighted by Crippen LogP contribution is -2.39. The molecule has 0 spiro atoms. The standard InChI is InChI=1S/C16H23F2N3O2.2ClH/c1-19-8-4-12-5-9-21(10-6-12)16(22)15-13(3-2-7-20-15)23-11-14(17)18;;/h2-3,7,12,14,19H,4-6,8-11H2,1H3;2*1H. The summed E-state index contributed by atoms with van der Waals surface area (Å²) < 4.78 is 29.6. The third-order valence-corrected chi connectivity index (χ3v) is 4.04. The molecule has 1 fully saturated rings. The molecule has 1 N–H and O–H groups in total. The molecule has 144 valence electrons. The summed E-state index contributed by atoms with van der Waals surface area (Å²) in [7, 11) is 1.93. The van der Waals surface area contributed by atoms with Crippen molar-refractivity contribution in [2.45, 2.75) is 25.7 Å². The number of nitrogens with zero attached hydrogens (tertiary/aromatic N) is 2. The van der Waals surface area contributed by atoms with E-state index in [4.69, 9.17) is 4.74 Å². The van der Waals surface area contributed by atoms with Crippen LogP contribution in [0.15, 0.2) is 18.3 Å². The van der Waals surface area contributed by atoms with Crippen LogP contribution in [0.2, 0.25) is 0 Å². The summed E-state index contributed by atoms with van der Waals surface area (Å²) in [4.78, 5) is 18.3. The van der Waals surface area contributed by atoms with E-state index in [2.05, 4.69) is 10.3 Å². The van der Waals surface area contributed by atoms with Crippen molar-refractivity contribution in [2.24, 2.45) is 5.92 Å². The predicted molar refractivity (Wildman–Crippen MR) is 97.4 cm³/mol. The van der Waals surface area contributed by atoms with Gasteiger partial charge in [-0.2, -0.15) is 0 Å². The fraction of sp³-hybridized carbons (Fsp3) is 0.625. The van der Waals surface area contributed by atoms with Gasteiger partial charge in [-0.1, -0.05) is 0 Å². The van der Waals surface area contributed by atoms with Crippen molar-refractivity contribution in [2.75, 3.05) is 33.3 Å². The van der Waals surface area contributed by atoms with Crippen molar-refractivity contribution in [3.8, 4) is 5.75 Å². The van der Waals surface area contributed by atoms with Gasteiger partial charge in [-0.15, -0.1) is 24.8 Å². The normalized spacial score (nSPS) is 14.6. The Kier molecular flexibility index (Phi) is 11.6. The molecule has 0 aliphatic carbocycles. The maximum atomic E-state index is 12.6. The Bertz CT molecular complexity index is 516. The van der Waals surface area contributed by atoms with Crippen LogP contribution in [0.25, 0.3) is 0 Å². The summed E-state index contributed by atoms with van der Waals surface area (Å²) in [6, 6.07) is 3.07. The highest BCUT2D eigenvalue weighted by molar-refractivity contribution is 5.95. The third kappa shape index (κ3) is 7.30. The number of carbonyl (C=O) groups excluding carboxylic acids is 1. The van der Waals surface area contributed by atoms with Crippen LogP contribution in [-0.2, 0) is 0 Å².